The number of carbonyl (C=O) groups is 1. The lowest BCUT2D eigenvalue weighted by molar-refractivity contribution is -0.125. The van der Waals surface area contributed by atoms with Crippen molar-refractivity contribution in [2.75, 3.05) is 18.4 Å². The van der Waals surface area contributed by atoms with Crippen LogP contribution in [0.5, 0.6) is 0 Å². The van der Waals surface area contributed by atoms with Gasteiger partial charge in [0, 0.05) is 6.54 Å². The zero-order valence-electron chi connectivity index (χ0n) is 10.3. The van der Waals surface area contributed by atoms with Gasteiger partial charge in [0.2, 0.25) is 5.91 Å². The highest BCUT2D eigenvalue weighted by molar-refractivity contribution is 6.33. The van der Waals surface area contributed by atoms with Gasteiger partial charge in [0.15, 0.2) is 0 Å². The smallest absolute Gasteiger partial charge is 0.231 e. The van der Waals surface area contributed by atoms with Crippen molar-refractivity contribution in [3.63, 3.8) is 0 Å². The van der Waals surface area contributed by atoms with Crippen LogP contribution in [0.1, 0.15) is 19.8 Å². The molecule has 2 N–H and O–H groups in total. The molecule has 0 bridgehead atoms. The number of nitrogens with one attached hydrogen (secondary N) is 2. The van der Waals surface area contributed by atoms with Crippen molar-refractivity contribution in [1.82, 2.24) is 5.32 Å². The van der Waals surface area contributed by atoms with Gasteiger partial charge < -0.3 is 10.6 Å². The first-order chi connectivity index (χ1) is 8.12. The quantitative estimate of drug-likeness (QED) is 0.878. The fraction of sp³-hybridized carbons (Fsp3) is 0.462. The first-order valence-corrected chi connectivity index (χ1v) is 6.26. The minimum Gasteiger partial charge on any atom is -0.324 e. The third-order valence-electron chi connectivity index (χ3n) is 3.27. The van der Waals surface area contributed by atoms with Gasteiger partial charge in [0.1, 0.15) is 0 Å². The molecule has 1 amide bonds. The third-order valence-corrected chi connectivity index (χ3v) is 3.60. The van der Waals surface area contributed by atoms with E-state index in [-0.39, 0.29) is 23.7 Å². The summed E-state index contributed by atoms with van der Waals surface area (Å²) in [4.78, 5) is 12.2. The lowest BCUT2D eigenvalue weighted by Crippen LogP contribution is -2.46. The lowest BCUT2D eigenvalue weighted by atomic mass is 9.82. The van der Waals surface area contributed by atoms with E-state index in [9.17, 15) is 4.79 Å². The Bertz CT molecular complexity index is 417. The van der Waals surface area contributed by atoms with E-state index in [0.717, 1.165) is 25.9 Å². The summed E-state index contributed by atoms with van der Waals surface area (Å²) >= 11 is 6.02. The van der Waals surface area contributed by atoms with E-state index >= 15 is 0 Å². The number of anilines is 1. The highest BCUT2D eigenvalue weighted by Gasteiger charge is 2.34. The molecule has 3 nitrogen and oxygen atoms in total. The van der Waals surface area contributed by atoms with Crippen molar-refractivity contribution >= 4 is 35.6 Å². The third kappa shape index (κ3) is 3.37. The van der Waals surface area contributed by atoms with E-state index < -0.39 is 0 Å². The molecule has 5 heteroatoms. The SMILES string of the molecule is CC1(C(=O)Nc2ccccc2Cl)CCCNC1.Cl. The summed E-state index contributed by atoms with van der Waals surface area (Å²) in [7, 11) is 0. The fourth-order valence-electron chi connectivity index (χ4n) is 2.09. The number of hydrogen-bond donors (Lipinski definition) is 2. The maximum atomic E-state index is 12.2. The van der Waals surface area contributed by atoms with E-state index in [1.165, 1.54) is 0 Å². The molecule has 100 valence electrons. The van der Waals surface area contributed by atoms with Crippen LogP contribution in [0.4, 0.5) is 5.69 Å². The molecular weight excluding hydrogens is 271 g/mol. The molecular formula is C13H18Cl2N2O. The van der Waals surface area contributed by atoms with Crippen LogP contribution in [0.3, 0.4) is 0 Å². The molecule has 1 fully saturated rings. The minimum absolute atomic E-state index is 0. The standard InChI is InChI=1S/C13H17ClN2O.ClH/c1-13(7-4-8-15-9-13)12(17)16-11-6-3-2-5-10(11)14;/h2-3,5-6,15H,4,7-9H2,1H3,(H,16,17);1H. The molecule has 1 aromatic rings. The first kappa shape index (κ1) is 15.3. The molecule has 2 rings (SSSR count). The van der Waals surface area contributed by atoms with Gasteiger partial charge in [0.25, 0.3) is 0 Å². The zero-order valence-corrected chi connectivity index (χ0v) is 11.9. The number of para-hydroxylation sites is 1. The average Bonchev–Trinajstić information content (AvgIpc) is 2.33. The van der Waals surface area contributed by atoms with Gasteiger partial charge in [-0.3, -0.25) is 4.79 Å². The number of halogens is 2. The first-order valence-electron chi connectivity index (χ1n) is 5.88. The Morgan fingerprint density at radius 3 is 2.78 bits per heavy atom. The molecule has 1 aliphatic rings. The second kappa shape index (κ2) is 6.41. The molecule has 0 spiro atoms. The van der Waals surface area contributed by atoms with Gasteiger partial charge in [-0.25, -0.2) is 0 Å². The number of amides is 1. The topological polar surface area (TPSA) is 41.1 Å². The van der Waals surface area contributed by atoms with E-state index in [4.69, 9.17) is 11.6 Å². The Balaban J connectivity index is 0.00000162. The molecule has 1 heterocycles. The highest BCUT2D eigenvalue weighted by Crippen LogP contribution is 2.29. The molecule has 0 saturated carbocycles. The number of carbonyl (C=O) groups excluding carboxylic acids is 1. The molecule has 1 aromatic carbocycles. The monoisotopic (exact) mass is 288 g/mol. The van der Waals surface area contributed by atoms with E-state index in [1.807, 2.05) is 25.1 Å². The van der Waals surface area contributed by atoms with Crippen LogP contribution in [-0.2, 0) is 4.79 Å². The fourth-order valence-corrected chi connectivity index (χ4v) is 2.27. The van der Waals surface area contributed by atoms with Crippen molar-refractivity contribution in [3.8, 4) is 0 Å². The molecule has 0 aliphatic carbocycles. The van der Waals surface area contributed by atoms with Crippen LogP contribution < -0.4 is 10.6 Å². The van der Waals surface area contributed by atoms with Crippen molar-refractivity contribution in [2.24, 2.45) is 5.41 Å². The van der Waals surface area contributed by atoms with Gasteiger partial charge in [-0.2, -0.15) is 0 Å². The van der Waals surface area contributed by atoms with Crippen LogP contribution in [-0.4, -0.2) is 19.0 Å². The molecule has 1 atom stereocenters. The van der Waals surface area contributed by atoms with Crippen LogP contribution in [0.15, 0.2) is 24.3 Å². The Hall–Kier alpha value is -0.770. The van der Waals surface area contributed by atoms with E-state index in [1.54, 1.807) is 6.07 Å². The van der Waals surface area contributed by atoms with Crippen LogP contribution >= 0.6 is 24.0 Å². The molecule has 1 aliphatic heterocycles. The Morgan fingerprint density at radius 1 is 1.44 bits per heavy atom. The molecule has 1 saturated heterocycles. The second-order valence-electron chi connectivity index (χ2n) is 4.77. The molecule has 0 aromatic heterocycles. The van der Waals surface area contributed by atoms with E-state index in [0.29, 0.717) is 10.7 Å². The molecule has 18 heavy (non-hydrogen) atoms. The number of benzene rings is 1. The van der Waals surface area contributed by atoms with Gasteiger partial charge >= 0.3 is 0 Å². The summed E-state index contributed by atoms with van der Waals surface area (Å²) in [5.41, 5.74) is 0.350. The van der Waals surface area contributed by atoms with Gasteiger partial charge in [-0.15, -0.1) is 12.4 Å². The summed E-state index contributed by atoms with van der Waals surface area (Å²) < 4.78 is 0. The maximum Gasteiger partial charge on any atom is 0.231 e. The average molecular weight is 289 g/mol. The largest absolute Gasteiger partial charge is 0.324 e. The summed E-state index contributed by atoms with van der Waals surface area (Å²) in [6.07, 6.45) is 1.95. The van der Waals surface area contributed by atoms with E-state index in [2.05, 4.69) is 10.6 Å². The van der Waals surface area contributed by atoms with Crippen molar-refractivity contribution < 1.29 is 4.79 Å². The zero-order chi connectivity index (χ0) is 12.3. The Kier molecular flexibility index (Phi) is 5.45. The lowest BCUT2D eigenvalue weighted by Gasteiger charge is -2.32. The summed E-state index contributed by atoms with van der Waals surface area (Å²) in [5.74, 6) is 0.0396. The predicted molar refractivity (Wildman–Crippen MR) is 77.5 cm³/mol. The van der Waals surface area contributed by atoms with Crippen molar-refractivity contribution in [3.05, 3.63) is 29.3 Å². The minimum atomic E-state index is -0.336. The van der Waals surface area contributed by atoms with Gasteiger partial charge in [-0.1, -0.05) is 23.7 Å². The summed E-state index contributed by atoms with van der Waals surface area (Å²) in [6.45, 7) is 3.71. The predicted octanol–water partition coefficient (Wildman–Crippen LogP) is 3.09. The van der Waals surface area contributed by atoms with Crippen molar-refractivity contribution in [1.29, 1.82) is 0 Å². The molecule has 0 radical (unpaired) electrons. The Labute approximate surface area is 119 Å². The molecule has 1 unspecified atom stereocenters. The van der Waals surface area contributed by atoms with Gasteiger partial charge in [0.05, 0.1) is 16.1 Å². The van der Waals surface area contributed by atoms with Crippen LogP contribution in [0, 0.1) is 5.41 Å². The van der Waals surface area contributed by atoms with Crippen LogP contribution in [0.25, 0.3) is 0 Å². The number of hydrogen-bond acceptors (Lipinski definition) is 2. The maximum absolute atomic E-state index is 12.2. The van der Waals surface area contributed by atoms with Gasteiger partial charge in [-0.05, 0) is 38.4 Å². The second-order valence-corrected chi connectivity index (χ2v) is 5.18. The summed E-state index contributed by atoms with van der Waals surface area (Å²) in [5, 5.41) is 6.75. The van der Waals surface area contributed by atoms with Crippen molar-refractivity contribution in [2.45, 2.75) is 19.8 Å². The summed E-state index contributed by atoms with van der Waals surface area (Å²) in [6, 6.07) is 7.31. The normalized spacial score (nSPS) is 23.0. The number of rotatable bonds is 2. The number of piperidine rings is 1. The Morgan fingerprint density at radius 2 is 2.17 bits per heavy atom. The van der Waals surface area contributed by atoms with Crippen LogP contribution in [0.2, 0.25) is 5.02 Å². The highest BCUT2D eigenvalue weighted by atomic mass is 35.5.